The van der Waals surface area contributed by atoms with Crippen molar-refractivity contribution < 1.29 is 14.4 Å². The molecule has 3 heteroatoms. The Morgan fingerprint density at radius 1 is 0.690 bits per heavy atom. The summed E-state index contributed by atoms with van der Waals surface area (Å²) in [6.07, 6.45) is 21.8. The minimum Gasteiger partial charge on any atom is -0.544 e. The van der Waals surface area contributed by atoms with Crippen molar-refractivity contribution in [1.29, 1.82) is 0 Å². The molecule has 0 saturated carbocycles. The molecule has 0 aromatic heterocycles. The van der Waals surface area contributed by atoms with E-state index in [1.807, 2.05) is 21.1 Å². The van der Waals surface area contributed by atoms with E-state index in [1.54, 1.807) is 0 Å². The molecule has 0 fully saturated rings. The van der Waals surface area contributed by atoms with Gasteiger partial charge in [0.2, 0.25) is 0 Å². The predicted molar refractivity (Wildman–Crippen MR) is 125 cm³/mol. The Labute approximate surface area is 183 Å². The van der Waals surface area contributed by atoms with Gasteiger partial charge in [0, 0.05) is 5.41 Å². The summed E-state index contributed by atoms with van der Waals surface area (Å²) in [7, 11) is 5.98. The highest BCUT2D eigenvalue weighted by atomic mass is 16.4. The molecule has 0 aliphatic heterocycles. The zero-order chi connectivity index (χ0) is 22.2. The Kier molecular flexibility index (Phi) is 15.8. The van der Waals surface area contributed by atoms with Gasteiger partial charge >= 0.3 is 0 Å². The summed E-state index contributed by atoms with van der Waals surface area (Å²) >= 11 is 0. The van der Waals surface area contributed by atoms with Gasteiger partial charge in [-0.25, -0.2) is 0 Å². The molecule has 3 nitrogen and oxygen atoms in total. The van der Waals surface area contributed by atoms with Gasteiger partial charge in [-0.3, -0.25) is 0 Å². The molecule has 0 radical (unpaired) electrons. The lowest BCUT2D eigenvalue weighted by Crippen LogP contribution is -2.62. The lowest BCUT2D eigenvalue weighted by molar-refractivity contribution is -0.897. The highest BCUT2D eigenvalue weighted by Crippen LogP contribution is 2.40. The van der Waals surface area contributed by atoms with E-state index in [0.29, 0.717) is 4.48 Å². The van der Waals surface area contributed by atoms with Gasteiger partial charge in [0.1, 0.15) is 6.04 Å². The number of unbranched alkanes of at least 4 members (excludes halogenated alkanes) is 13. The van der Waals surface area contributed by atoms with Gasteiger partial charge in [0.15, 0.2) is 0 Å². The van der Waals surface area contributed by atoms with E-state index in [2.05, 4.69) is 20.8 Å². The third kappa shape index (κ3) is 12.0. The maximum absolute atomic E-state index is 11.9. The van der Waals surface area contributed by atoms with Crippen LogP contribution in [0.4, 0.5) is 0 Å². The van der Waals surface area contributed by atoms with Crippen LogP contribution in [0.15, 0.2) is 0 Å². The van der Waals surface area contributed by atoms with Crippen LogP contribution in [0.3, 0.4) is 0 Å². The van der Waals surface area contributed by atoms with Crippen LogP contribution in [0.25, 0.3) is 0 Å². The van der Waals surface area contributed by atoms with Gasteiger partial charge in [0.25, 0.3) is 0 Å². The third-order valence-electron chi connectivity index (χ3n) is 7.01. The number of carbonyl (C=O) groups excluding carboxylic acids is 1. The van der Waals surface area contributed by atoms with Gasteiger partial charge in [-0.15, -0.1) is 0 Å². The SMILES string of the molecule is CCCCCCCCCCCCCCCCC(CC)(CC)C(C(=O)[O-])[N+](C)(C)C. The van der Waals surface area contributed by atoms with Crippen molar-refractivity contribution in [2.75, 3.05) is 21.1 Å². The van der Waals surface area contributed by atoms with E-state index in [0.717, 1.165) is 25.7 Å². The molecule has 0 rings (SSSR count). The normalized spacial score (nSPS) is 13.6. The molecule has 1 unspecified atom stereocenters. The van der Waals surface area contributed by atoms with E-state index < -0.39 is 12.0 Å². The first-order valence-corrected chi connectivity index (χ1v) is 12.8. The first kappa shape index (κ1) is 28.4. The second-order valence-electron chi connectivity index (χ2n) is 10.3. The van der Waals surface area contributed by atoms with Crippen LogP contribution in [0.2, 0.25) is 0 Å². The molecule has 0 N–H and O–H groups in total. The van der Waals surface area contributed by atoms with Crippen LogP contribution in [0.5, 0.6) is 0 Å². The number of rotatable bonds is 20. The van der Waals surface area contributed by atoms with E-state index in [4.69, 9.17) is 0 Å². The number of aliphatic carboxylic acids is 1. The van der Waals surface area contributed by atoms with E-state index in [1.165, 1.54) is 83.5 Å². The maximum Gasteiger partial charge on any atom is 0.134 e. The lowest BCUT2D eigenvalue weighted by atomic mass is 9.70. The van der Waals surface area contributed by atoms with Gasteiger partial charge in [-0.2, -0.15) is 0 Å². The number of quaternary nitrogens is 1. The van der Waals surface area contributed by atoms with E-state index >= 15 is 0 Å². The zero-order valence-corrected chi connectivity index (χ0v) is 20.9. The summed E-state index contributed by atoms with van der Waals surface area (Å²) in [4.78, 5) is 11.9. The largest absolute Gasteiger partial charge is 0.544 e. The predicted octanol–water partition coefficient (Wildman–Crippen LogP) is 6.49. The second kappa shape index (κ2) is 16.2. The molecule has 174 valence electrons. The molecule has 0 aliphatic carbocycles. The number of hydrogen-bond donors (Lipinski definition) is 0. The van der Waals surface area contributed by atoms with E-state index in [9.17, 15) is 9.90 Å². The second-order valence-corrected chi connectivity index (χ2v) is 10.3. The molecule has 0 bridgehead atoms. The Morgan fingerprint density at radius 3 is 1.31 bits per heavy atom. The van der Waals surface area contributed by atoms with Crippen LogP contribution in [-0.2, 0) is 4.79 Å². The summed E-state index contributed by atoms with van der Waals surface area (Å²) in [6, 6.07) is -0.431. The van der Waals surface area contributed by atoms with Crippen molar-refractivity contribution in [1.82, 2.24) is 0 Å². The zero-order valence-electron chi connectivity index (χ0n) is 20.9. The maximum atomic E-state index is 11.9. The fourth-order valence-corrected chi connectivity index (χ4v) is 5.19. The van der Waals surface area contributed by atoms with Gasteiger partial charge < -0.3 is 14.4 Å². The van der Waals surface area contributed by atoms with Gasteiger partial charge in [-0.1, -0.05) is 111 Å². The molecule has 0 aromatic carbocycles. The summed E-state index contributed by atoms with van der Waals surface area (Å²) in [5, 5.41) is 11.9. The molecule has 0 aliphatic rings. The van der Waals surface area contributed by atoms with Crippen LogP contribution >= 0.6 is 0 Å². The fourth-order valence-electron chi connectivity index (χ4n) is 5.19. The molecular weight excluding hydrogens is 358 g/mol. The minimum absolute atomic E-state index is 0.145. The van der Waals surface area contributed by atoms with Crippen molar-refractivity contribution in [3.63, 3.8) is 0 Å². The molecule has 0 amide bonds. The smallest absolute Gasteiger partial charge is 0.134 e. The minimum atomic E-state index is -0.883. The lowest BCUT2D eigenvalue weighted by Gasteiger charge is -2.47. The first-order valence-electron chi connectivity index (χ1n) is 12.8. The monoisotopic (exact) mass is 411 g/mol. The number of carbonyl (C=O) groups is 1. The molecular formula is C26H53NO2. The fraction of sp³-hybridized carbons (Fsp3) is 0.962. The molecule has 0 aromatic rings. The van der Waals surface area contributed by atoms with Crippen molar-refractivity contribution >= 4 is 5.97 Å². The topological polar surface area (TPSA) is 40.1 Å². The van der Waals surface area contributed by atoms with Crippen molar-refractivity contribution in [3.05, 3.63) is 0 Å². The molecule has 29 heavy (non-hydrogen) atoms. The van der Waals surface area contributed by atoms with Crippen molar-refractivity contribution in [3.8, 4) is 0 Å². The summed E-state index contributed by atoms with van der Waals surface area (Å²) < 4.78 is 0.447. The molecule has 1 atom stereocenters. The number of hydrogen-bond acceptors (Lipinski definition) is 2. The Bertz CT molecular complexity index is 396. The molecule has 0 saturated heterocycles. The average molecular weight is 412 g/mol. The Morgan fingerprint density at radius 2 is 1.03 bits per heavy atom. The highest BCUT2D eigenvalue weighted by molar-refractivity contribution is 5.71. The van der Waals surface area contributed by atoms with Crippen molar-refractivity contribution in [2.45, 2.75) is 136 Å². The quantitative estimate of drug-likeness (QED) is 0.170. The Hall–Kier alpha value is -0.570. The summed E-state index contributed by atoms with van der Waals surface area (Å²) in [5.41, 5.74) is -0.145. The number of carboxylic acids is 1. The summed E-state index contributed by atoms with van der Waals surface area (Å²) in [6.45, 7) is 6.58. The molecule has 0 heterocycles. The van der Waals surface area contributed by atoms with Crippen LogP contribution in [0.1, 0.15) is 130 Å². The van der Waals surface area contributed by atoms with Crippen LogP contribution in [-0.4, -0.2) is 37.6 Å². The number of carboxylic acid groups (broad SMARTS) is 1. The first-order chi connectivity index (χ1) is 13.7. The van der Waals surface area contributed by atoms with E-state index in [-0.39, 0.29) is 5.41 Å². The van der Waals surface area contributed by atoms with Crippen LogP contribution in [0, 0.1) is 5.41 Å². The third-order valence-corrected chi connectivity index (χ3v) is 7.01. The number of likely N-dealkylation sites (N-methyl/N-ethyl adjacent to an activating group) is 1. The van der Waals surface area contributed by atoms with Crippen molar-refractivity contribution in [2.24, 2.45) is 5.41 Å². The van der Waals surface area contributed by atoms with Gasteiger partial charge in [-0.05, 0) is 19.3 Å². The molecule has 0 spiro atoms. The highest BCUT2D eigenvalue weighted by Gasteiger charge is 2.44. The average Bonchev–Trinajstić information content (AvgIpc) is 2.65. The van der Waals surface area contributed by atoms with Gasteiger partial charge in [0.05, 0.1) is 27.1 Å². The number of nitrogens with zero attached hydrogens (tertiary/aromatic N) is 1. The summed E-state index contributed by atoms with van der Waals surface area (Å²) in [5.74, 6) is -0.883. The standard InChI is InChI=1S/C26H53NO2/c1-7-10-11-12-13-14-15-16-17-18-19-20-21-22-23-26(8-2,9-3)24(25(28)29)27(4,5)6/h24H,7-23H2,1-6H3. The van der Waals surface area contributed by atoms with Crippen LogP contribution < -0.4 is 5.11 Å². The Balaban J connectivity index is 3.97.